The molecule has 0 atom stereocenters. The van der Waals surface area contributed by atoms with E-state index in [1.165, 1.54) is 44.9 Å². The average molecular weight is 404 g/mol. The van der Waals surface area contributed by atoms with E-state index in [9.17, 15) is 4.57 Å². The third kappa shape index (κ3) is 45.3. The van der Waals surface area contributed by atoms with Crippen LogP contribution in [0.15, 0.2) is 0 Å². The molecule has 0 radical (unpaired) electrons. The first kappa shape index (κ1) is 29.6. The van der Waals surface area contributed by atoms with Gasteiger partial charge in [-0.05, 0) is 6.42 Å². The van der Waals surface area contributed by atoms with Crippen LogP contribution in [0.3, 0.4) is 0 Å². The summed E-state index contributed by atoms with van der Waals surface area (Å²) in [5, 5.41) is 0. The summed E-state index contributed by atoms with van der Waals surface area (Å²) in [7, 11) is -8.88. The SMILES string of the molecule is CCCCCCCCCCCCOP(=O)(O)O.O=P(O)(O)O.[H-].[K+]. The topological polar surface area (TPSA) is 145 Å². The van der Waals surface area contributed by atoms with Gasteiger partial charge in [0.2, 0.25) is 0 Å². The van der Waals surface area contributed by atoms with Gasteiger partial charge in [0.1, 0.15) is 0 Å². The second kappa shape index (κ2) is 18.6. The van der Waals surface area contributed by atoms with E-state index in [1.807, 2.05) is 0 Å². The Balaban J connectivity index is -0.000000250. The molecule has 0 aromatic carbocycles. The van der Waals surface area contributed by atoms with Crippen molar-refractivity contribution in [2.45, 2.75) is 71.1 Å². The van der Waals surface area contributed by atoms with Crippen LogP contribution >= 0.6 is 15.6 Å². The molecule has 0 amide bonds. The van der Waals surface area contributed by atoms with Gasteiger partial charge in [-0.1, -0.05) is 64.7 Å². The smallest absolute Gasteiger partial charge is 1.00 e. The molecule has 8 nitrogen and oxygen atoms in total. The normalized spacial score (nSPS) is 11.4. The minimum atomic E-state index is -4.64. The number of hydrogen-bond donors (Lipinski definition) is 5. The summed E-state index contributed by atoms with van der Waals surface area (Å²) < 4.78 is 23.6. The van der Waals surface area contributed by atoms with Gasteiger partial charge in [-0.15, -0.1) is 0 Å². The van der Waals surface area contributed by atoms with Gasteiger partial charge in [0.25, 0.3) is 0 Å². The maximum Gasteiger partial charge on any atom is 1.00 e. The molecule has 0 spiro atoms. The van der Waals surface area contributed by atoms with Crippen LogP contribution in [0.4, 0.5) is 0 Å². The molecule has 0 unspecified atom stereocenters. The van der Waals surface area contributed by atoms with E-state index in [0.717, 1.165) is 19.3 Å². The van der Waals surface area contributed by atoms with Crippen LogP contribution in [-0.2, 0) is 13.7 Å². The molecular formula is C12H31KO8P2. The molecule has 0 saturated carbocycles. The Kier molecular flexibility index (Phi) is 24.0. The van der Waals surface area contributed by atoms with Crippen LogP contribution < -0.4 is 51.4 Å². The van der Waals surface area contributed by atoms with Crippen molar-refractivity contribution in [3.05, 3.63) is 0 Å². The van der Waals surface area contributed by atoms with Crippen LogP contribution in [0, 0.1) is 0 Å². The number of phosphoric ester groups is 1. The van der Waals surface area contributed by atoms with Gasteiger partial charge in [0.15, 0.2) is 0 Å². The Labute approximate surface area is 182 Å². The van der Waals surface area contributed by atoms with E-state index in [1.54, 1.807) is 0 Å². The molecule has 11 heteroatoms. The molecule has 23 heavy (non-hydrogen) atoms. The first-order valence-corrected chi connectivity index (χ1v) is 10.6. The van der Waals surface area contributed by atoms with Gasteiger partial charge < -0.3 is 25.9 Å². The molecule has 0 aromatic heterocycles. The third-order valence-corrected chi connectivity index (χ3v) is 3.28. The molecule has 0 bridgehead atoms. The van der Waals surface area contributed by atoms with Crippen LogP contribution in [-0.4, -0.2) is 31.1 Å². The Bertz CT molecular complexity index is 329. The first-order chi connectivity index (χ1) is 10.1. The minimum Gasteiger partial charge on any atom is -1.00 e. The molecule has 0 saturated heterocycles. The number of rotatable bonds is 12. The maximum atomic E-state index is 10.4. The summed E-state index contributed by atoms with van der Waals surface area (Å²) in [6.45, 7) is 2.39. The molecule has 0 aliphatic carbocycles. The van der Waals surface area contributed by atoms with E-state index in [-0.39, 0.29) is 59.4 Å². The number of phosphoric acid groups is 2. The Morgan fingerprint density at radius 3 is 1.35 bits per heavy atom. The molecule has 0 aliphatic heterocycles. The quantitative estimate of drug-likeness (QED) is 0.176. The van der Waals surface area contributed by atoms with E-state index in [2.05, 4.69) is 11.4 Å². The average Bonchev–Trinajstić information content (AvgIpc) is 2.32. The van der Waals surface area contributed by atoms with Crippen molar-refractivity contribution in [2.75, 3.05) is 6.61 Å². The predicted octanol–water partition coefficient (Wildman–Crippen LogP) is 0.205. The van der Waals surface area contributed by atoms with Gasteiger partial charge in [0, 0.05) is 0 Å². The summed E-state index contributed by atoms with van der Waals surface area (Å²) >= 11 is 0. The van der Waals surface area contributed by atoms with Crippen LogP contribution in [0.1, 0.15) is 72.6 Å². The Morgan fingerprint density at radius 1 is 0.739 bits per heavy atom. The largest absolute Gasteiger partial charge is 1.00 e. The van der Waals surface area contributed by atoms with Crippen molar-refractivity contribution in [2.24, 2.45) is 0 Å². The zero-order valence-electron chi connectivity index (χ0n) is 15.1. The summed E-state index contributed by atoms with van der Waals surface area (Å²) in [5.41, 5.74) is 0. The molecule has 0 aliphatic rings. The molecular weight excluding hydrogens is 373 g/mol. The van der Waals surface area contributed by atoms with E-state index in [4.69, 9.17) is 29.0 Å². The zero-order valence-corrected chi connectivity index (χ0v) is 19.0. The Hall–Kier alpha value is 1.86. The summed E-state index contributed by atoms with van der Waals surface area (Å²) in [4.78, 5) is 38.5. The molecule has 138 valence electrons. The van der Waals surface area contributed by atoms with E-state index >= 15 is 0 Å². The fourth-order valence-electron chi connectivity index (χ4n) is 1.77. The van der Waals surface area contributed by atoms with Gasteiger partial charge >= 0.3 is 67.0 Å². The van der Waals surface area contributed by atoms with Crippen molar-refractivity contribution in [3.8, 4) is 0 Å². The molecule has 0 fully saturated rings. The standard InChI is InChI=1S/C12H27O4P.K.H3O4P.H/c1-2-3-4-5-6-7-8-9-10-11-12-16-17(13,14)15;;1-5(2,3)4;/h2-12H2,1H3,(H2,13,14,15);;(H3,1,2,3,4);/q;+1;;-1. The monoisotopic (exact) mass is 404 g/mol. The van der Waals surface area contributed by atoms with Crippen molar-refractivity contribution in [1.82, 2.24) is 0 Å². The first-order valence-electron chi connectivity index (χ1n) is 7.54. The van der Waals surface area contributed by atoms with E-state index < -0.39 is 15.6 Å². The molecule has 5 N–H and O–H groups in total. The summed E-state index contributed by atoms with van der Waals surface area (Å²) in [6, 6.07) is 0. The number of hydrogen-bond acceptors (Lipinski definition) is 3. The van der Waals surface area contributed by atoms with Gasteiger partial charge in [-0.2, -0.15) is 0 Å². The fraction of sp³-hybridized carbons (Fsp3) is 1.00. The number of unbranched alkanes of at least 4 members (excludes halogenated alkanes) is 9. The Morgan fingerprint density at radius 2 is 1.04 bits per heavy atom. The van der Waals surface area contributed by atoms with Gasteiger partial charge in [0.05, 0.1) is 6.61 Å². The summed E-state index contributed by atoms with van der Waals surface area (Å²) in [5.74, 6) is 0. The van der Waals surface area contributed by atoms with Crippen molar-refractivity contribution >= 4 is 15.6 Å². The van der Waals surface area contributed by atoms with Crippen molar-refractivity contribution in [1.29, 1.82) is 0 Å². The fourth-order valence-corrected chi connectivity index (χ4v) is 2.14. The molecule has 0 rings (SSSR count). The maximum absolute atomic E-state index is 10.4. The van der Waals surface area contributed by atoms with Crippen LogP contribution in [0.25, 0.3) is 0 Å². The van der Waals surface area contributed by atoms with Crippen molar-refractivity contribution in [3.63, 3.8) is 0 Å². The minimum absolute atomic E-state index is 0. The molecule has 0 heterocycles. The second-order valence-electron chi connectivity index (χ2n) is 5.02. The van der Waals surface area contributed by atoms with Crippen LogP contribution in [0.2, 0.25) is 0 Å². The second-order valence-corrected chi connectivity index (χ2v) is 7.28. The predicted molar refractivity (Wildman–Crippen MR) is 85.2 cm³/mol. The van der Waals surface area contributed by atoms with Gasteiger partial charge in [-0.25, -0.2) is 9.13 Å². The zero-order chi connectivity index (χ0) is 17.5. The van der Waals surface area contributed by atoms with Gasteiger partial charge in [-0.3, -0.25) is 4.52 Å². The van der Waals surface area contributed by atoms with E-state index in [0.29, 0.717) is 0 Å². The third-order valence-electron chi connectivity index (χ3n) is 2.76. The molecule has 0 aromatic rings. The summed E-state index contributed by atoms with van der Waals surface area (Å²) in [6.07, 6.45) is 12.0. The van der Waals surface area contributed by atoms with Crippen molar-refractivity contribution < 1.29 is 90.9 Å². The van der Waals surface area contributed by atoms with Crippen LogP contribution in [0.5, 0.6) is 0 Å².